The highest BCUT2D eigenvalue weighted by Crippen LogP contribution is 2.30. The number of amides is 1. The highest BCUT2D eigenvalue weighted by molar-refractivity contribution is 7.89. The molecule has 0 radical (unpaired) electrons. The zero-order chi connectivity index (χ0) is 20.3. The van der Waals surface area contributed by atoms with Gasteiger partial charge in [0.15, 0.2) is 5.82 Å². The zero-order valence-electron chi connectivity index (χ0n) is 16.3. The van der Waals surface area contributed by atoms with Gasteiger partial charge in [-0.05, 0) is 25.0 Å². The lowest BCUT2D eigenvalue weighted by Gasteiger charge is -2.23. The number of benzene rings is 1. The van der Waals surface area contributed by atoms with Gasteiger partial charge in [-0.2, -0.15) is 4.31 Å². The first-order chi connectivity index (χ1) is 13.3. The summed E-state index contributed by atoms with van der Waals surface area (Å²) in [7, 11) is -0.349. The van der Waals surface area contributed by atoms with E-state index in [0.29, 0.717) is 23.9 Å². The molecule has 0 unspecified atom stereocenters. The molecule has 1 atom stereocenters. The topological polar surface area (TPSA) is 95.5 Å². The normalized spacial score (nSPS) is 17.1. The monoisotopic (exact) mass is 403 g/mol. The van der Waals surface area contributed by atoms with Crippen LogP contribution in [-0.4, -0.2) is 54.1 Å². The van der Waals surface area contributed by atoms with Crippen molar-refractivity contribution in [1.29, 1.82) is 0 Å². The molecular formula is C19H25N5O3S. The highest BCUT2D eigenvalue weighted by Gasteiger charge is 2.31. The number of anilines is 1. The van der Waals surface area contributed by atoms with Crippen molar-refractivity contribution in [3.05, 3.63) is 47.9 Å². The van der Waals surface area contributed by atoms with E-state index in [1.165, 1.54) is 11.4 Å². The van der Waals surface area contributed by atoms with Crippen molar-refractivity contribution in [2.75, 3.05) is 26.0 Å². The summed E-state index contributed by atoms with van der Waals surface area (Å²) < 4.78 is 26.8. The molecule has 8 nitrogen and oxygen atoms in total. The average molecular weight is 404 g/mol. The van der Waals surface area contributed by atoms with Crippen LogP contribution in [0.3, 0.4) is 0 Å². The number of rotatable bonds is 6. The van der Waals surface area contributed by atoms with Crippen molar-refractivity contribution in [3.8, 4) is 0 Å². The largest absolute Gasteiger partial charge is 0.373 e. The predicted octanol–water partition coefficient (Wildman–Crippen LogP) is 2.02. The molecule has 3 rings (SSSR count). The maximum atomic E-state index is 12.8. The number of aromatic nitrogens is 2. The van der Waals surface area contributed by atoms with Crippen LogP contribution in [-0.2, 0) is 21.4 Å². The van der Waals surface area contributed by atoms with E-state index in [1.807, 2.05) is 0 Å². The lowest BCUT2D eigenvalue weighted by atomic mass is 10.2. The third-order valence-corrected chi connectivity index (χ3v) is 6.66. The van der Waals surface area contributed by atoms with Gasteiger partial charge in [-0.3, -0.25) is 4.79 Å². The first-order valence-corrected chi connectivity index (χ1v) is 10.6. The molecule has 9 heteroatoms. The third kappa shape index (κ3) is 4.15. The van der Waals surface area contributed by atoms with Crippen molar-refractivity contribution in [2.45, 2.75) is 37.2 Å². The van der Waals surface area contributed by atoms with Crippen molar-refractivity contribution in [2.24, 2.45) is 0 Å². The molecule has 0 saturated carbocycles. The molecule has 1 aliphatic heterocycles. The van der Waals surface area contributed by atoms with Crippen molar-refractivity contribution in [1.82, 2.24) is 19.2 Å². The van der Waals surface area contributed by atoms with Gasteiger partial charge in [0, 0.05) is 33.6 Å². The van der Waals surface area contributed by atoms with E-state index < -0.39 is 10.0 Å². The number of likely N-dealkylation sites (tertiary alicyclic amines) is 1. The van der Waals surface area contributed by atoms with Crippen molar-refractivity contribution < 1.29 is 13.2 Å². The van der Waals surface area contributed by atoms with E-state index in [-0.39, 0.29) is 23.4 Å². The van der Waals surface area contributed by atoms with Gasteiger partial charge in [0.1, 0.15) is 5.82 Å². The lowest BCUT2D eigenvalue weighted by molar-refractivity contribution is -0.129. The second-order valence-corrected chi connectivity index (χ2v) is 8.84. The number of nitrogens with one attached hydrogen (secondary N) is 1. The Bertz CT molecular complexity index is 949. The second-order valence-electron chi connectivity index (χ2n) is 6.80. The Balaban J connectivity index is 1.89. The molecule has 1 aliphatic rings. The van der Waals surface area contributed by atoms with Crippen LogP contribution >= 0.6 is 0 Å². The molecule has 1 aromatic carbocycles. The number of hydrogen-bond acceptors (Lipinski definition) is 6. The summed E-state index contributed by atoms with van der Waals surface area (Å²) in [5.41, 5.74) is 0.576. The molecule has 1 fully saturated rings. The summed E-state index contributed by atoms with van der Waals surface area (Å²) in [5.74, 6) is 1.13. The third-order valence-electron chi connectivity index (χ3n) is 4.84. The zero-order valence-corrected chi connectivity index (χ0v) is 17.1. The van der Waals surface area contributed by atoms with Crippen LogP contribution in [0.5, 0.6) is 0 Å². The van der Waals surface area contributed by atoms with Crippen molar-refractivity contribution in [3.63, 3.8) is 0 Å². The van der Waals surface area contributed by atoms with Gasteiger partial charge in [0.25, 0.3) is 0 Å². The maximum absolute atomic E-state index is 12.8. The van der Waals surface area contributed by atoms with E-state index in [9.17, 15) is 13.2 Å². The van der Waals surface area contributed by atoms with Gasteiger partial charge < -0.3 is 10.2 Å². The second kappa shape index (κ2) is 8.24. The molecule has 28 heavy (non-hydrogen) atoms. The van der Waals surface area contributed by atoms with Crippen LogP contribution in [0, 0.1) is 0 Å². The number of carbonyl (C=O) groups excluding carboxylic acids is 1. The van der Waals surface area contributed by atoms with E-state index in [1.54, 1.807) is 55.3 Å². The summed E-state index contributed by atoms with van der Waals surface area (Å²) in [6.45, 7) is 2.33. The Hall–Kier alpha value is -2.52. The first-order valence-electron chi connectivity index (χ1n) is 9.17. The summed E-state index contributed by atoms with van der Waals surface area (Å²) >= 11 is 0. The van der Waals surface area contributed by atoms with Crippen LogP contribution in [0.25, 0.3) is 0 Å². The summed E-state index contributed by atoms with van der Waals surface area (Å²) in [6.07, 6.45) is 1.69. The van der Waals surface area contributed by atoms with E-state index >= 15 is 0 Å². The molecule has 1 N–H and O–H groups in total. The molecule has 1 amide bonds. The lowest BCUT2D eigenvalue weighted by Crippen LogP contribution is -2.30. The Kier molecular flexibility index (Phi) is 5.95. The number of nitrogens with zero attached hydrogens (tertiary/aromatic N) is 4. The molecule has 2 heterocycles. The molecule has 0 bridgehead atoms. The molecule has 2 aromatic rings. The van der Waals surface area contributed by atoms with E-state index in [0.717, 1.165) is 12.8 Å². The fourth-order valence-corrected chi connectivity index (χ4v) is 4.54. The Morgan fingerprint density at radius 1 is 1.29 bits per heavy atom. The van der Waals surface area contributed by atoms with Crippen LogP contribution in [0.15, 0.2) is 41.3 Å². The molecular weight excluding hydrogens is 378 g/mol. The minimum absolute atomic E-state index is 0.00807. The predicted molar refractivity (Wildman–Crippen MR) is 106 cm³/mol. The van der Waals surface area contributed by atoms with Crippen molar-refractivity contribution >= 4 is 21.7 Å². The van der Waals surface area contributed by atoms with E-state index in [2.05, 4.69) is 15.3 Å². The van der Waals surface area contributed by atoms with Gasteiger partial charge in [0.2, 0.25) is 15.9 Å². The van der Waals surface area contributed by atoms with Crippen LogP contribution < -0.4 is 5.32 Å². The fraction of sp³-hybridized carbons (Fsp3) is 0.421. The smallest absolute Gasteiger partial charge is 0.243 e. The number of sulfonamides is 1. The minimum atomic E-state index is -3.62. The Labute approximate surface area is 165 Å². The molecule has 0 aliphatic carbocycles. The van der Waals surface area contributed by atoms with Gasteiger partial charge >= 0.3 is 0 Å². The SMILES string of the molecule is CNc1cc(CN(C)S(=O)(=O)c2ccccc2)nc([C@H]2CCCN2C(C)=O)n1. The summed E-state index contributed by atoms with van der Waals surface area (Å²) in [4.78, 5) is 23.0. The number of hydrogen-bond donors (Lipinski definition) is 1. The number of carbonyl (C=O) groups is 1. The maximum Gasteiger partial charge on any atom is 0.243 e. The molecule has 1 saturated heterocycles. The molecule has 0 spiro atoms. The Morgan fingerprint density at radius 3 is 2.64 bits per heavy atom. The summed E-state index contributed by atoms with van der Waals surface area (Å²) in [5, 5.41) is 3.00. The van der Waals surface area contributed by atoms with Crippen LogP contribution in [0.4, 0.5) is 5.82 Å². The fourth-order valence-electron chi connectivity index (χ4n) is 3.37. The molecule has 1 aromatic heterocycles. The van der Waals surface area contributed by atoms with E-state index in [4.69, 9.17) is 0 Å². The standard InChI is InChI=1S/C19H25N5O3S/c1-14(25)24-11-7-10-17(24)19-21-15(12-18(20-2)22-19)13-23(3)28(26,27)16-8-5-4-6-9-16/h4-6,8-9,12,17H,7,10-11,13H2,1-3H3,(H,20,21,22)/t17-/m1/s1. The van der Waals surface area contributed by atoms with Crippen LogP contribution in [0.2, 0.25) is 0 Å². The quantitative estimate of drug-likeness (QED) is 0.793. The molecule has 150 valence electrons. The first kappa shape index (κ1) is 20.2. The van der Waals surface area contributed by atoms with Gasteiger partial charge in [-0.15, -0.1) is 0 Å². The average Bonchev–Trinajstić information content (AvgIpc) is 3.18. The minimum Gasteiger partial charge on any atom is -0.373 e. The van der Waals surface area contributed by atoms with Gasteiger partial charge in [0.05, 0.1) is 23.2 Å². The highest BCUT2D eigenvalue weighted by atomic mass is 32.2. The van der Waals surface area contributed by atoms with Crippen LogP contribution in [0.1, 0.15) is 37.3 Å². The van der Waals surface area contributed by atoms with Gasteiger partial charge in [-0.1, -0.05) is 18.2 Å². The Morgan fingerprint density at radius 2 is 2.00 bits per heavy atom. The van der Waals surface area contributed by atoms with Gasteiger partial charge in [-0.25, -0.2) is 18.4 Å². The summed E-state index contributed by atoms with van der Waals surface area (Å²) in [6, 6.07) is 9.85.